The number of amides is 1. The van der Waals surface area contributed by atoms with Gasteiger partial charge in [-0.05, 0) is 77.7 Å². The Hall–Kier alpha value is -3.86. The molecule has 1 aliphatic rings. The predicted octanol–water partition coefficient (Wildman–Crippen LogP) is 9.30. The molecule has 12 heteroatoms. The summed E-state index contributed by atoms with van der Waals surface area (Å²) in [6.07, 6.45) is 0. The fraction of sp³-hybridized carbons (Fsp3) is 0.118. The van der Waals surface area contributed by atoms with E-state index in [1.807, 2.05) is 55.5 Å². The number of aromatic nitrogens is 2. The molecule has 0 spiro atoms. The summed E-state index contributed by atoms with van der Waals surface area (Å²) >= 11 is 21.2. The van der Waals surface area contributed by atoms with E-state index < -0.39 is 17.7 Å². The number of carbonyl (C=O) groups is 2. The Bertz CT molecular complexity index is 1960. The van der Waals surface area contributed by atoms with Crippen molar-refractivity contribution in [2.45, 2.75) is 29.7 Å². The molecule has 1 unspecified atom stereocenters. The van der Waals surface area contributed by atoms with Crippen LogP contribution in [-0.4, -0.2) is 27.0 Å². The molecule has 0 aliphatic carbocycles. The van der Waals surface area contributed by atoms with Crippen LogP contribution in [0, 0.1) is 6.92 Å². The number of nitrogens with zero attached hydrogens (tertiary/aromatic N) is 3. The van der Waals surface area contributed by atoms with Crippen molar-refractivity contribution < 1.29 is 19.4 Å². The molecule has 0 radical (unpaired) electrons. The highest BCUT2D eigenvalue weighted by atomic mass is 35.5. The van der Waals surface area contributed by atoms with Crippen LogP contribution in [-0.2, 0) is 21.9 Å². The van der Waals surface area contributed by atoms with Gasteiger partial charge in [0.1, 0.15) is 18.1 Å². The number of aliphatic hydroxyl groups is 1. The molecule has 1 atom stereocenters. The average molecular weight is 709 g/mol. The van der Waals surface area contributed by atoms with E-state index in [9.17, 15) is 14.7 Å². The van der Waals surface area contributed by atoms with E-state index in [0.717, 1.165) is 16.7 Å². The van der Waals surface area contributed by atoms with Gasteiger partial charge in [-0.25, -0.2) is 0 Å². The van der Waals surface area contributed by atoms with E-state index in [-0.39, 0.29) is 21.5 Å². The molecule has 0 bridgehead atoms. The summed E-state index contributed by atoms with van der Waals surface area (Å²) in [6, 6.07) is 25.8. The number of halogens is 3. The lowest BCUT2D eigenvalue weighted by Crippen LogP contribution is -2.29. The molecule has 1 N–H and O–H groups in total. The van der Waals surface area contributed by atoms with Gasteiger partial charge in [0, 0.05) is 16.3 Å². The number of hydrogen-bond donors (Lipinski definition) is 1. The molecule has 6 rings (SSSR count). The zero-order chi connectivity index (χ0) is 32.4. The quantitative estimate of drug-likeness (QED) is 0.0537. The maximum Gasteiger partial charge on any atom is 0.301 e. The van der Waals surface area contributed by atoms with Gasteiger partial charge in [-0.2, -0.15) is 0 Å². The Labute approximate surface area is 288 Å². The maximum atomic E-state index is 13.6. The van der Waals surface area contributed by atoms with Crippen molar-refractivity contribution in [1.82, 2.24) is 10.2 Å². The molecule has 1 saturated heterocycles. The third kappa shape index (κ3) is 6.79. The number of Topliss-reactive ketones (excluding diaryl/α,β-unsaturated/α-hetero) is 1. The van der Waals surface area contributed by atoms with Crippen molar-refractivity contribution in [3.05, 3.63) is 139 Å². The van der Waals surface area contributed by atoms with Crippen LogP contribution in [0.25, 0.3) is 5.76 Å². The number of benzene rings is 4. The van der Waals surface area contributed by atoms with Gasteiger partial charge < -0.3 is 9.84 Å². The summed E-state index contributed by atoms with van der Waals surface area (Å²) in [4.78, 5) is 28.4. The van der Waals surface area contributed by atoms with Gasteiger partial charge in [-0.1, -0.05) is 100 Å². The fourth-order valence-electron chi connectivity index (χ4n) is 4.91. The monoisotopic (exact) mass is 707 g/mol. The van der Waals surface area contributed by atoms with Crippen molar-refractivity contribution in [3.8, 4) is 5.75 Å². The Morgan fingerprint density at radius 3 is 2.39 bits per heavy atom. The van der Waals surface area contributed by atoms with Crippen LogP contribution in [0.3, 0.4) is 0 Å². The molecular weight excluding hydrogens is 685 g/mol. The topological polar surface area (TPSA) is 92.6 Å². The minimum Gasteiger partial charge on any atom is -0.507 e. The molecule has 0 saturated carbocycles. The third-order valence-electron chi connectivity index (χ3n) is 7.36. The lowest BCUT2D eigenvalue weighted by atomic mass is 9.95. The van der Waals surface area contributed by atoms with Crippen LogP contribution in [0.1, 0.15) is 33.9 Å². The van der Waals surface area contributed by atoms with Crippen LogP contribution in [0.15, 0.2) is 101 Å². The second kappa shape index (κ2) is 13.9. The number of carbonyl (C=O) groups excluding carboxylic acids is 2. The predicted molar refractivity (Wildman–Crippen MR) is 184 cm³/mol. The summed E-state index contributed by atoms with van der Waals surface area (Å²) in [5, 5.41) is 21.4. The number of hydrogen-bond acceptors (Lipinski definition) is 8. The third-order valence-corrected chi connectivity index (χ3v) is 10.5. The summed E-state index contributed by atoms with van der Waals surface area (Å²) in [5.41, 5.74) is 3.91. The van der Waals surface area contributed by atoms with Crippen LogP contribution < -0.4 is 9.64 Å². The normalized spacial score (nSPS) is 15.8. The van der Waals surface area contributed by atoms with E-state index in [4.69, 9.17) is 39.5 Å². The first kappa shape index (κ1) is 32.1. The van der Waals surface area contributed by atoms with E-state index in [0.29, 0.717) is 43.6 Å². The van der Waals surface area contributed by atoms with E-state index in [1.165, 1.54) is 28.0 Å². The van der Waals surface area contributed by atoms with Gasteiger partial charge in [0.2, 0.25) is 5.13 Å². The molecule has 232 valence electrons. The highest BCUT2D eigenvalue weighted by Crippen LogP contribution is 2.45. The average Bonchev–Trinajstić information content (AvgIpc) is 3.63. The first-order valence-corrected chi connectivity index (χ1v) is 16.9. The van der Waals surface area contributed by atoms with E-state index in [2.05, 4.69) is 10.2 Å². The maximum absolute atomic E-state index is 13.6. The number of ether oxygens (including phenoxy) is 1. The number of anilines is 1. The largest absolute Gasteiger partial charge is 0.507 e. The number of ketones is 1. The van der Waals surface area contributed by atoms with E-state index in [1.54, 1.807) is 42.5 Å². The zero-order valence-electron chi connectivity index (χ0n) is 24.1. The van der Waals surface area contributed by atoms with Crippen LogP contribution in [0.2, 0.25) is 15.1 Å². The fourth-order valence-corrected chi connectivity index (χ4v) is 7.17. The lowest BCUT2D eigenvalue weighted by Gasteiger charge is -2.23. The Balaban J connectivity index is 1.31. The van der Waals surface area contributed by atoms with Crippen molar-refractivity contribution in [2.24, 2.45) is 0 Å². The van der Waals surface area contributed by atoms with Crippen molar-refractivity contribution in [2.75, 3.05) is 4.90 Å². The molecule has 1 aromatic heterocycles. The zero-order valence-corrected chi connectivity index (χ0v) is 28.0. The molecule has 1 fully saturated rings. The standard InChI is InChI=1S/C34H24Cl3N3O4S2/c1-19-4-2-3-5-23(19)17-44-25-13-8-21(9-14-25)30(41)28-29(22-10-15-26(36)27(37)16-22)40(32(43)31(28)42)33-38-39-34(46-33)45-18-20-6-11-24(35)12-7-20/h2-16,29,41H,17-18H2,1H3/b30-28+. The van der Waals surface area contributed by atoms with Crippen molar-refractivity contribution >= 4 is 80.5 Å². The number of rotatable bonds is 9. The Morgan fingerprint density at radius 1 is 0.935 bits per heavy atom. The van der Waals surface area contributed by atoms with Crippen LogP contribution >= 0.6 is 57.9 Å². The lowest BCUT2D eigenvalue weighted by molar-refractivity contribution is -0.132. The minimum absolute atomic E-state index is 0.109. The molecule has 7 nitrogen and oxygen atoms in total. The molecule has 2 heterocycles. The smallest absolute Gasteiger partial charge is 0.301 e. The van der Waals surface area contributed by atoms with Gasteiger partial charge in [-0.15, -0.1) is 10.2 Å². The van der Waals surface area contributed by atoms with Gasteiger partial charge >= 0.3 is 5.91 Å². The Morgan fingerprint density at radius 2 is 1.67 bits per heavy atom. The summed E-state index contributed by atoms with van der Waals surface area (Å²) in [7, 11) is 0. The SMILES string of the molecule is Cc1ccccc1COc1ccc(/C(O)=C2\C(=O)C(=O)N(c3nnc(SCc4ccc(Cl)cc4)s3)C2c2ccc(Cl)c(Cl)c2)cc1. The molecule has 1 amide bonds. The summed E-state index contributed by atoms with van der Waals surface area (Å²) in [5.74, 6) is -0.867. The van der Waals surface area contributed by atoms with Crippen LogP contribution in [0.4, 0.5) is 5.13 Å². The second-order valence-electron chi connectivity index (χ2n) is 10.3. The van der Waals surface area contributed by atoms with Crippen LogP contribution in [0.5, 0.6) is 5.75 Å². The van der Waals surface area contributed by atoms with Gasteiger partial charge in [0.25, 0.3) is 5.78 Å². The van der Waals surface area contributed by atoms with Gasteiger partial charge in [-0.3, -0.25) is 14.5 Å². The highest BCUT2D eigenvalue weighted by Gasteiger charge is 2.48. The number of aryl methyl sites for hydroxylation is 1. The number of thioether (sulfide) groups is 1. The van der Waals surface area contributed by atoms with Gasteiger partial charge in [0.15, 0.2) is 4.34 Å². The molecular formula is C34H24Cl3N3O4S2. The highest BCUT2D eigenvalue weighted by molar-refractivity contribution is 8.00. The Kier molecular flexibility index (Phi) is 9.67. The first-order chi connectivity index (χ1) is 22.2. The van der Waals surface area contributed by atoms with Crippen molar-refractivity contribution in [3.63, 3.8) is 0 Å². The number of aliphatic hydroxyl groups excluding tert-OH is 1. The first-order valence-electron chi connectivity index (χ1n) is 13.9. The molecule has 46 heavy (non-hydrogen) atoms. The summed E-state index contributed by atoms with van der Waals surface area (Å²) < 4.78 is 6.54. The summed E-state index contributed by atoms with van der Waals surface area (Å²) in [6.45, 7) is 2.39. The molecule has 5 aromatic rings. The van der Waals surface area contributed by atoms with Gasteiger partial charge in [0.05, 0.1) is 21.7 Å². The minimum atomic E-state index is -1.03. The van der Waals surface area contributed by atoms with Crippen molar-refractivity contribution in [1.29, 1.82) is 0 Å². The second-order valence-corrected chi connectivity index (χ2v) is 13.8. The molecule has 1 aliphatic heterocycles. The molecule has 4 aromatic carbocycles. The van der Waals surface area contributed by atoms with E-state index >= 15 is 0 Å².